The molecule has 0 heterocycles. The second-order valence-corrected chi connectivity index (χ2v) is 18.2. The molecule has 0 amide bonds. The van der Waals surface area contributed by atoms with Gasteiger partial charge in [-0.1, -0.05) is 166 Å². The molecule has 8 nitrogen and oxygen atoms in total. The highest BCUT2D eigenvalue weighted by molar-refractivity contribution is 7.47. The minimum Gasteiger partial charge on any atom is -0.457 e. The number of carbonyl (C=O) groups is 1. The number of ether oxygens (including phenoxy) is 2. The first-order valence-corrected chi connectivity index (χ1v) is 24.7. The lowest BCUT2D eigenvalue weighted by molar-refractivity contribution is -0.870. The van der Waals surface area contributed by atoms with Crippen molar-refractivity contribution < 1.29 is 37.3 Å². The predicted molar refractivity (Wildman–Crippen MR) is 238 cm³/mol. The van der Waals surface area contributed by atoms with Crippen LogP contribution in [0.1, 0.15) is 200 Å². The number of unbranched alkanes of at least 4 members (excludes halogenated alkanes) is 23. The lowest BCUT2D eigenvalue weighted by Gasteiger charge is -2.24. The highest BCUT2D eigenvalue weighted by Gasteiger charge is 2.26. The van der Waals surface area contributed by atoms with Crippen LogP contribution in [0.25, 0.3) is 0 Å². The highest BCUT2D eigenvalue weighted by atomic mass is 31.2. The molecule has 0 spiro atoms. The molecule has 330 valence electrons. The number of hydrogen-bond acceptors (Lipinski definition) is 6. The Morgan fingerprint density at radius 2 is 1.00 bits per heavy atom. The van der Waals surface area contributed by atoms with Crippen molar-refractivity contribution >= 4 is 13.8 Å². The van der Waals surface area contributed by atoms with E-state index < -0.39 is 13.9 Å². The number of rotatable bonds is 43. The first kappa shape index (κ1) is 54.7. The van der Waals surface area contributed by atoms with E-state index >= 15 is 0 Å². The van der Waals surface area contributed by atoms with Crippen LogP contribution in [0.15, 0.2) is 36.5 Å². The van der Waals surface area contributed by atoms with Gasteiger partial charge in [-0.25, -0.2) is 4.57 Å². The van der Waals surface area contributed by atoms with Crippen LogP contribution in [0.5, 0.6) is 0 Å². The molecule has 0 aliphatic carbocycles. The van der Waals surface area contributed by atoms with Gasteiger partial charge >= 0.3 is 13.8 Å². The zero-order valence-corrected chi connectivity index (χ0v) is 38.3. The maximum absolute atomic E-state index is 12.7. The fraction of sp³-hybridized carbons (Fsp3) is 0.851. The van der Waals surface area contributed by atoms with Crippen molar-refractivity contribution in [3.63, 3.8) is 0 Å². The van der Waals surface area contributed by atoms with Gasteiger partial charge in [0.15, 0.2) is 0 Å². The molecule has 0 radical (unpaired) electrons. The number of phosphoric ester groups is 1. The molecule has 0 fully saturated rings. The largest absolute Gasteiger partial charge is 0.472 e. The Hall–Kier alpha value is -1.28. The average Bonchev–Trinajstić information content (AvgIpc) is 3.15. The molecule has 56 heavy (non-hydrogen) atoms. The van der Waals surface area contributed by atoms with Gasteiger partial charge in [0, 0.05) is 13.0 Å². The molecule has 0 bridgehead atoms. The lowest BCUT2D eigenvalue weighted by atomic mass is 10.1. The molecule has 0 saturated carbocycles. The number of esters is 1. The van der Waals surface area contributed by atoms with E-state index in [1.807, 2.05) is 21.1 Å². The van der Waals surface area contributed by atoms with Crippen LogP contribution in [0, 0.1) is 0 Å². The number of nitrogens with zero attached hydrogens (tertiary/aromatic N) is 1. The van der Waals surface area contributed by atoms with Crippen LogP contribution in [0.4, 0.5) is 0 Å². The van der Waals surface area contributed by atoms with Crippen LogP contribution in [-0.2, 0) is 27.9 Å². The summed E-state index contributed by atoms with van der Waals surface area (Å²) < 4.78 is 35.0. The average molecular weight is 813 g/mol. The van der Waals surface area contributed by atoms with E-state index in [1.165, 1.54) is 135 Å². The summed E-state index contributed by atoms with van der Waals surface area (Å²) in [6.45, 7) is 5.57. The lowest BCUT2D eigenvalue weighted by Crippen LogP contribution is -2.37. The summed E-state index contributed by atoms with van der Waals surface area (Å²) >= 11 is 0. The van der Waals surface area contributed by atoms with Gasteiger partial charge in [0.2, 0.25) is 0 Å². The van der Waals surface area contributed by atoms with Crippen molar-refractivity contribution in [1.82, 2.24) is 0 Å². The third kappa shape index (κ3) is 43.8. The maximum Gasteiger partial charge on any atom is 0.472 e. The van der Waals surface area contributed by atoms with Gasteiger partial charge in [0.1, 0.15) is 19.3 Å². The van der Waals surface area contributed by atoms with E-state index in [-0.39, 0.29) is 25.8 Å². The van der Waals surface area contributed by atoms with E-state index in [0.29, 0.717) is 24.1 Å². The second-order valence-electron chi connectivity index (χ2n) is 16.8. The standard InChI is InChI=1S/C47H90NO7P/c1-6-8-10-12-14-16-18-20-22-23-24-25-26-28-30-32-34-36-38-40-47(49)55-46(45-54-56(50,51)53-43-41-48(3,4)5)44-52-42-39-37-35-33-31-29-27-21-19-17-15-13-11-9-7-2/h13,15,19-22,46H,6-12,14,16-18,23-45H2,1-5H3/p+1/b15-13-,21-19-,22-20-. The molecule has 0 rings (SSSR count). The SMILES string of the molecule is CCCC/C=C\C/C=C\CCCCCCCCOCC(COP(=O)(O)OCC[N+](C)(C)C)OC(=O)CCCCCCCCCCC/C=C\CCCCCCCC. The van der Waals surface area contributed by atoms with Gasteiger partial charge in [-0.3, -0.25) is 13.8 Å². The minimum absolute atomic E-state index is 0.0860. The normalized spacial score (nSPS) is 14.0. The van der Waals surface area contributed by atoms with E-state index in [0.717, 1.165) is 44.9 Å². The van der Waals surface area contributed by atoms with Crippen molar-refractivity contribution in [3.8, 4) is 0 Å². The van der Waals surface area contributed by atoms with Crippen LogP contribution in [0.2, 0.25) is 0 Å². The van der Waals surface area contributed by atoms with Crippen LogP contribution >= 0.6 is 7.82 Å². The van der Waals surface area contributed by atoms with E-state index in [4.69, 9.17) is 18.5 Å². The first-order valence-electron chi connectivity index (χ1n) is 23.2. The number of quaternary nitrogens is 1. The topological polar surface area (TPSA) is 91.3 Å². The third-order valence-electron chi connectivity index (χ3n) is 9.92. The highest BCUT2D eigenvalue weighted by Crippen LogP contribution is 2.43. The first-order chi connectivity index (χ1) is 27.1. The maximum atomic E-state index is 12.7. The summed E-state index contributed by atoms with van der Waals surface area (Å²) in [6.07, 6.45) is 47.4. The molecule has 0 saturated heterocycles. The number of carbonyl (C=O) groups excluding carboxylic acids is 1. The molecule has 0 aliphatic heterocycles. The quantitative estimate of drug-likeness (QED) is 0.0215. The molecule has 1 N–H and O–H groups in total. The Labute approximate surface area is 346 Å². The Morgan fingerprint density at radius 1 is 0.554 bits per heavy atom. The summed E-state index contributed by atoms with van der Waals surface area (Å²) in [6, 6.07) is 0. The van der Waals surface area contributed by atoms with Crippen LogP contribution < -0.4 is 0 Å². The predicted octanol–water partition coefficient (Wildman–Crippen LogP) is 13.8. The molecule has 0 aromatic carbocycles. The summed E-state index contributed by atoms with van der Waals surface area (Å²) in [4.78, 5) is 22.9. The van der Waals surface area contributed by atoms with Crippen molar-refractivity contribution in [2.45, 2.75) is 206 Å². The fourth-order valence-corrected chi connectivity index (χ4v) is 7.01. The van der Waals surface area contributed by atoms with Gasteiger partial charge < -0.3 is 18.9 Å². The smallest absolute Gasteiger partial charge is 0.457 e. The molecule has 0 aromatic rings. The van der Waals surface area contributed by atoms with Crippen molar-refractivity contribution in [3.05, 3.63) is 36.5 Å². The fourth-order valence-electron chi connectivity index (χ4n) is 6.27. The van der Waals surface area contributed by atoms with Gasteiger partial charge in [-0.05, 0) is 64.2 Å². The summed E-state index contributed by atoms with van der Waals surface area (Å²) in [5, 5.41) is 0. The summed E-state index contributed by atoms with van der Waals surface area (Å²) in [5.41, 5.74) is 0. The second kappa shape index (κ2) is 40.5. The third-order valence-corrected chi connectivity index (χ3v) is 10.9. The number of likely N-dealkylation sites (N-methyl/N-ethyl adjacent to an activating group) is 1. The number of hydrogen-bond donors (Lipinski definition) is 1. The van der Waals surface area contributed by atoms with Gasteiger partial charge in [0.25, 0.3) is 0 Å². The van der Waals surface area contributed by atoms with E-state index in [2.05, 4.69) is 50.3 Å². The van der Waals surface area contributed by atoms with Gasteiger partial charge in [-0.2, -0.15) is 0 Å². The molecule has 9 heteroatoms. The van der Waals surface area contributed by atoms with Crippen molar-refractivity contribution in [1.29, 1.82) is 0 Å². The van der Waals surface area contributed by atoms with Crippen molar-refractivity contribution in [2.75, 3.05) is 54.1 Å². The number of phosphoric acid groups is 1. The Bertz CT molecular complexity index is 994. The molecule has 2 unspecified atom stereocenters. The molecule has 0 aliphatic rings. The zero-order chi connectivity index (χ0) is 41.3. The zero-order valence-electron chi connectivity index (χ0n) is 37.4. The van der Waals surface area contributed by atoms with Gasteiger partial charge in [-0.15, -0.1) is 0 Å². The Morgan fingerprint density at radius 3 is 1.52 bits per heavy atom. The van der Waals surface area contributed by atoms with E-state index in [9.17, 15) is 14.3 Å². The summed E-state index contributed by atoms with van der Waals surface area (Å²) in [5.74, 6) is -0.319. The van der Waals surface area contributed by atoms with Crippen LogP contribution in [0.3, 0.4) is 0 Å². The van der Waals surface area contributed by atoms with E-state index in [1.54, 1.807) is 0 Å². The Balaban J connectivity index is 4.20. The van der Waals surface area contributed by atoms with Gasteiger partial charge in [0.05, 0.1) is 34.4 Å². The number of allylic oxidation sites excluding steroid dienone is 6. The van der Waals surface area contributed by atoms with Crippen molar-refractivity contribution in [2.24, 2.45) is 0 Å². The van der Waals surface area contributed by atoms with Crippen LogP contribution in [-0.4, -0.2) is 75.6 Å². The molecular formula is C47H91NO7P+. The molecular weight excluding hydrogens is 721 g/mol. The Kier molecular flexibility index (Phi) is 39.6. The summed E-state index contributed by atoms with van der Waals surface area (Å²) in [7, 11) is 1.66. The monoisotopic (exact) mass is 813 g/mol. The minimum atomic E-state index is -4.28. The molecule has 0 aromatic heterocycles. The molecule has 2 atom stereocenters.